The highest BCUT2D eigenvalue weighted by Gasteiger charge is 2.39. The molecule has 96 valence electrons. The van der Waals surface area contributed by atoms with Crippen molar-refractivity contribution < 1.29 is 5.11 Å². The van der Waals surface area contributed by atoms with Crippen LogP contribution in [0, 0.1) is 17.3 Å². The summed E-state index contributed by atoms with van der Waals surface area (Å²) in [5.74, 6) is 0.744. The molecule has 0 amide bonds. The van der Waals surface area contributed by atoms with Crippen molar-refractivity contribution in [3.05, 3.63) is 0 Å². The molecule has 0 spiro atoms. The summed E-state index contributed by atoms with van der Waals surface area (Å²) in [5, 5.41) is 10.5. The lowest BCUT2D eigenvalue weighted by Gasteiger charge is -2.43. The van der Waals surface area contributed by atoms with Crippen LogP contribution in [0.5, 0.6) is 0 Å². The molecule has 0 bridgehead atoms. The van der Waals surface area contributed by atoms with E-state index in [-0.39, 0.29) is 6.10 Å². The third-order valence-corrected chi connectivity index (χ3v) is 4.45. The fourth-order valence-electron chi connectivity index (χ4n) is 3.28. The Bertz CT molecular complexity index is 203. The van der Waals surface area contributed by atoms with Crippen molar-refractivity contribution in [2.75, 3.05) is 6.54 Å². The van der Waals surface area contributed by atoms with E-state index in [1.54, 1.807) is 0 Å². The van der Waals surface area contributed by atoms with Crippen LogP contribution in [0.1, 0.15) is 59.3 Å². The van der Waals surface area contributed by atoms with Crippen LogP contribution in [0.4, 0.5) is 0 Å². The van der Waals surface area contributed by atoms with Gasteiger partial charge in [0.25, 0.3) is 0 Å². The van der Waals surface area contributed by atoms with Gasteiger partial charge in [-0.1, -0.05) is 40.0 Å². The van der Waals surface area contributed by atoms with E-state index >= 15 is 0 Å². The summed E-state index contributed by atoms with van der Waals surface area (Å²) < 4.78 is 0. The van der Waals surface area contributed by atoms with Gasteiger partial charge in [0.1, 0.15) is 0 Å². The van der Waals surface area contributed by atoms with Gasteiger partial charge < -0.3 is 10.8 Å². The molecule has 0 heterocycles. The van der Waals surface area contributed by atoms with E-state index in [4.69, 9.17) is 5.73 Å². The second-order valence-electron chi connectivity index (χ2n) is 6.12. The summed E-state index contributed by atoms with van der Waals surface area (Å²) in [5.41, 5.74) is 6.09. The average molecular weight is 227 g/mol. The molecule has 0 aromatic rings. The molecule has 0 aromatic heterocycles. The van der Waals surface area contributed by atoms with E-state index in [9.17, 15) is 5.11 Å². The van der Waals surface area contributed by atoms with Crippen LogP contribution in [-0.4, -0.2) is 17.8 Å². The summed E-state index contributed by atoms with van der Waals surface area (Å²) in [6.45, 7) is 7.40. The number of aliphatic hydroxyl groups excluding tert-OH is 1. The molecule has 2 heteroatoms. The van der Waals surface area contributed by atoms with E-state index in [0.29, 0.717) is 23.8 Å². The smallest absolute Gasteiger partial charge is 0.0613 e. The number of nitrogens with two attached hydrogens (primary N) is 1. The Morgan fingerprint density at radius 2 is 2.06 bits per heavy atom. The second-order valence-corrected chi connectivity index (χ2v) is 6.12. The number of hydrogen-bond donors (Lipinski definition) is 2. The Kier molecular flexibility index (Phi) is 5.26. The molecule has 1 rings (SSSR count). The van der Waals surface area contributed by atoms with Gasteiger partial charge >= 0.3 is 0 Å². The third-order valence-electron chi connectivity index (χ3n) is 4.45. The minimum atomic E-state index is -0.194. The highest BCUT2D eigenvalue weighted by Crippen LogP contribution is 2.44. The lowest BCUT2D eigenvalue weighted by Crippen LogP contribution is -2.42. The number of rotatable bonds is 5. The zero-order chi connectivity index (χ0) is 12.2. The summed E-state index contributed by atoms with van der Waals surface area (Å²) >= 11 is 0. The lowest BCUT2D eigenvalue weighted by molar-refractivity contribution is -0.0288. The van der Waals surface area contributed by atoms with Gasteiger partial charge in [-0.2, -0.15) is 0 Å². The first-order valence-electron chi connectivity index (χ1n) is 6.91. The van der Waals surface area contributed by atoms with Crippen LogP contribution in [0.25, 0.3) is 0 Å². The fourth-order valence-corrected chi connectivity index (χ4v) is 3.28. The molecule has 1 aliphatic rings. The van der Waals surface area contributed by atoms with Crippen molar-refractivity contribution >= 4 is 0 Å². The van der Waals surface area contributed by atoms with Crippen molar-refractivity contribution in [2.45, 2.75) is 65.4 Å². The SMILES string of the molecule is CCCC(CN)C(O)C1CCCCC1(C)C. The lowest BCUT2D eigenvalue weighted by atomic mass is 9.64. The van der Waals surface area contributed by atoms with Gasteiger partial charge in [-0.15, -0.1) is 0 Å². The van der Waals surface area contributed by atoms with Gasteiger partial charge in [-0.3, -0.25) is 0 Å². The van der Waals surface area contributed by atoms with E-state index in [2.05, 4.69) is 20.8 Å². The van der Waals surface area contributed by atoms with Crippen LogP contribution in [0.15, 0.2) is 0 Å². The molecule has 1 fully saturated rings. The highest BCUT2D eigenvalue weighted by molar-refractivity contribution is 4.89. The molecule has 1 aliphatic carbocycles. The van der Waals surface area contributed by atoms with E-state index in [1.165, 1.54) is 25.7 Å². The van der Waals surface area contributed by atoms with Crippen molar-refractivity contribution in [3.8, 4) is 0 Å². The van der Waals surface area contributed by atoms with Crippen LogP contribution < -0.4 is 5.73 Å². The molecular formula is C14H29NO. The Labute approximate surface area is 101 Å². The normalized spacial score (nSPS) is 28.7. The first-order valence-corrected chi connectivity index (χ1v) is 6.91. The van der Waals surface area contributed by atoms with Gasteiger partial charge in [0.15, 0.2) is 0 Å². The van der Waals surface area contributed by atoms with Crippen molar-refractivity contribution in [3.63, 3.8) is 0 Å². The highest BCUT2D eigenvalue weighted by atomic mass is 16.3. The zero-order valence-corrected chi connectivity index (χ0v) is 11.2. The minimum absolute atomic E-state index is 0.194. The quantitative estimate of drug-likeness (QED) is 0.758. The van der Waals surface area contributed by atoms with E-state index < -0.39 is 0 Å². The van der Waals surface area contributed by atoms with Crippen LogP contribution in [0.2, 0.25) is 0 Å². The van der Waals surface area contributed by atoms with Gasteiger partial charge in [-0.05, 0) is 43.1 Å². The Balaban J connectivity index is 2.65. The van der Waals surface area contributed by atoms with Crippen LogP contribution in [0.3, 0.4) is 0 Å². The van der Waals surface area contributed by atoms with Crippen molar-refractivity contribution in [1.29, 1.82) is 0 Å². The summed E-state index contributed by atoms with van der Waals surface area (Å²) in [7, 11) is 0. The van der Waals surface area contributed by atoms with E-state index in [0.717, 1.165) is 12.8 Å². The maximum absolute atomic E-state index is 10.5. The molecule has 0 aliphatic heterocycles. The molecule has 1 saturated carbocycles. The summed E-state index contributed by atoms with van der Waals surface area (Å²) in [6.07, 6.45) is 6.99. The Morgan fingerprint density at radius 1 is 1.38 bits per heavy atom. The zero-order valence-electron chi connectivity index (χ0n) is 11.2. The summed E-state index contributed by atoms with van der Waals surface area (Å²) in [4.78, 5) is 0. The number of aliphatic hydroxyl groups is 1. The number of hydrogen-bond acceptors (Lipinski definition) is 2. The van der Waals surface area contributed by atoms with Crippen LogP contribution >= 0.6 is 0 Å². The topological polar surface area (TPSA) is 46.2 Å². The first-order chi connectivity index (χ1) is 7.53. The molecule has 0 radical (unpaired) electrons. The van der Waals surface area contributed by atoms with Gasteiger partial charge in [0.2, 0.25) is 0 Å². The maximum atomic E-state index is 10.5. The molecule has 0 saturated heterocycles. The molecular weight excluding hydrogens is 198 g/mol. The molecule has 0 aromatic carbocycles. The Hall–Kier alpha value is -0.0800. The molecule has 3 unspecified atom stereocenters. The summed E-state index contributed by atoms with van der Waals surface area (Å²) in [6, 6.07) is 0. The van der Waals surface area contributed by atoms with Crippen LogP contribution in [-0.2, 0) is 0 Å². The largest absolute Gasteiger partial charge is 0.392 e. The molecule has 3 N–H and O–H groups in total. The van der Waals surface area contributed by atoms with Gasteiger partial charge in [0.05, 0.1) is 6.10 Å². The first kappa shape index (κ1) is 14.0. The van der Waals surface area contributed by atoms with Crippen molar-refractivity contribution in [2.24, 2.45) is 23.0 Å². The average Bonchev–Trinajstić information content (AvgIpc) is 2.24. The molecule has 3 atom stereocenters. The molecule has 16 heavy (non-hydrogen) atoms. The monoisotopic (exact) mass is 227 g/mol. The second kappa shape index (κ2) is 6.02. The fraction of sp³-hybridized carbons (Fsp3) is 1.00. The van der Waals surface area contributed by atoms with E-state index in [1.807, 2.05) is 0 Å². The minimum Gasteiger partial charge on any atom is -0.392 e. The molecule has 2 nitrogen and oxygen atoms in total. The third kappa shape index (κ3) is 3.21. The van der Waals surface area contributed by atoms with Gasteiger partial charge in [0, 0.05) is 0 Å². The predicted octanol–water partition coefficient (Wildman–Crippen LogP) is 2.94. The maximum Gasteiger partial charge on any atom is 0.0613 e. The van der Waals surface area contributed by atoms with Crippen molar-refractivity contribution in [1.82, 2.24) is 0 Å². The predicted molar refractivity (Wildman–Crippen MR) is 69.2 cm³/mol. The van der Waals surface area contributed by atoms with Gasteiger partial charge in [-0.25, -0.2) is 0 Å². The standard InChI is InChI=1S/C14H29NO/c1-4-7-11(10-15)13(16)12-8-5-6-9-14(12,2)3/h11-13,16H,4-10,15H2,1-3H3. The Morgan fingerprint density at radius 3 is 2.56 bits per heavy atom.